The van der Waals surface area contributed by atoms with Gasteiger partial charge in [-0.3, -0.25) is 0 Å². The van der Waals surface area contributed by atoms with Gasteiger partial charge in [-0.05, 0) is 31.3 Å². The number of anilines is 1. The average Bonchev–Trinajstić information content (AvgIpc) is 2.34. The van der Waals surface area contributed by atoms with Crippen LogP contribution in [0.1, 0.15) is 19.8 Å². The maximum absolute atomic E-state index is 6.10. The molecule has 0 unspecified atom stereocenters. The molecule has 0 aliphatic carbocycles. The minimum atomic E-state index is 0.516. The molecule has 2 rings (SSSR count). The van der Waals surface area contributed by atoms with Crippen molar-refractivity contribution in [3.63, 3.8) is 0 Å². The molecule has 1 aromatic heterocycles. The Labute approximate surface area is 106 Å². The van der Waals surface area contributed by atoms with Gasteiger partial charge in [0.25, 0.3) is 0 Å². The molecule has 16 heavy (non-hydrogen) atoms. The van der Waals surface area contributed by atoms with Crippen molar-refractivity contribution in [2.24, 2.45) is 0 Å². The zero-order chi connectivity index (χ0) is 11.4. The summed E-state index contributed by atoms with van der Waals surface area (Å²) in [6.45, 7) is 3.08. The van der Waals surface area contributed by atoms with Gasteiger partial charge >= 0.3 is 0 Å². The molecule has 1 saturated heterocycles. The number of hydrogen-bond donors (Lipinski definition) is 0. The largest absolute Gasteiger partial charge is 0.351 e. The first kappa shape index (κ1) is 12.0. The van der Waals surface area contributed by atoms with E-state index >= 15 is 0 Å². The van der Waals surface area contributed by atoms with E-state index in [1.54, 1.807) is 12.4 Å². The van der Waals surface area contributed by atoms with E-state index in [9.17, 15) is 0 Å². The van der Waals surface area contributed by atoms with E-state index < -0.39 is 0 Å². The Hall–Kier alpha value is -0.480. The standard InChI is InChI=1S/C11H16ClN3S/c1-2-15(9-3-7-16-8-4-9)11-10(12)13-5-6-14-11/h5-6,9H,2-4,7-8H2,1H3. The molecule has 0 bridgehead atoms. The van der Waals surface area contributed by atoms with Gasteiger partial charge in [-0.25, -0.2) is 9.97 Å². The SMILES string of the molecule is CCN(c1nccnc1Cl)C1CCSCC1. The molecule has 0 saturated carbocycles. The lowest BCUT2D eigenvalue weighted by Crippen LogP contribution is -2.38. The highest BCUT2D eigenvalue weighted by atomic mass is 35.5. The topological polar surface area (TPSA) is 29.0 Å². The summed E-state index contributed by atoms with van der Waals surface area (Å²) in [6.07, 6.45) is 5.77. The van der Waals surface area contributed by atoms with Crippen LogP contribution in [0.3, 0.4) is 0 Å². The predicted octanol–water partition coefficient (Wildman–Crippen LogP) is 2.85. The molecule has 88 valence electrons. The molecule has 1 aromatic rings. The summed E-state index contributed by atoms with van der Waals surface area (Å²) in [5, 5.41) is 0.516. The highest BCUT2D eigenvalue weighted by Crippen LogP contribution is 2.28. The Morgan fingerprint density at radius 3 is 2.69 bits per heavy atom. The van der Waals surface area contributed by atoms with Crippen LogP contribution in [0.15, 0.2) is 12.4 Å². The summed E-state index contributed by atoms with van der Waals surface area (Å²) < 4.78 is 0. The van der Waals surface area contributed by atoms with Crippen molar-refractivity contribution in [2.45, 2.75) is 25.8 Å². The number of hydrogen-bond acceptors (Lipinski definition) is 4. The van der Waals surface area contributed by atoms with Crippen molar-refractivity contribution in [3.8, 4) is 0 Å². The van der Waals surface area contributed by atoms with Crippen molar-refractivity contribution in [1.82, 2.24) is 9.97 Å². The van der Waals surface area contributed by atoms with Crippen LogP contribution in [0.2, 0.25) is 5.15 Å². The molecule has 0 aromatic carbocycles. The van der Waals surface area contributed by atoms with Crippen LogP contribution < -0.4 is 4.90 Å². The minimum absolute atomic E-state index is 0.516. The fraction of sp³-hybridized carbons (Fsp3) is 0.636. The van der Waals surface area contributed by atoms with Crippen LogP contribution in [0.4, 0.5) is 5.82 Å². The Balaban J connectivity index is 2.18. The first-order valence-corrected chi connectivity index (χ1v) is 7.17. The molecule has 1 aliphatic heterocycles. The summed E-state index contributed by atoms with van der Waals surface area (Å²) in [7, 11) is 0. The highest BCUT2D eigenvalue weighted by molar-refractivity contribution is 7.99. The van der Waals surface area contributed by atoms with Crippen molar-refractivity contribution >= 4 is 29.2 Å². The minimum Gasteiger partial charge on any atom is -0.351 e. The fourth-order valence-corrected chi connectivity index (χ4v) is 3.38. The summed E-state index contributed by atoms with van der Waals surface area (Å²) in [6, 6.07) is 0.570. The molecule has 0 atom stereocenters. The average molecular weight is 258 g/mol. The van der Waals surface area contributed by atoms with Gasteiger partial charge in [-0.1, -0.05) is 11.6 Å². The quantitative estimate of drug-likeness (QED) is 0.833. The molecule has 0 spiro atoms. The predicted molar refractivity (Wildman–Crippen MR) is 70.4 cm³/mol. The van der Waals surface area contributed by atoms with E-state index in [1.807, 2.05) is 11.8 Å². The van der Waals surface area contributed by atoms with Crippen LogP contribution in [0, 0.1) is 0 Å². The van der Waals surface area contributed by atoms with E-state index in [2.05, 4.69) is 21.8 Å². The van der Waals surface area contributed by atoms with E-state index in [0.29, 0.717) is 11.2 Å². The van der Waals surface area contributed by atoms with E-state index in [4.69, 9.17) is 11.6 Å². The van der Waals surface area contributed by atoms with E-state index in [1.165, 1.54) is 24.3 Å². The Morgan fingerprint density at radius 1 is 1.38 bits per heavy atom. The highest BCUT2D eigenvalue weighted by Gasteiger charge is 2.23. The summed E-state index contributed by atoms with van der Waals surface area (Å²) in [5.41, 5.74) is 0. The molecular formula is C11H16ClN3S. The molecular weight excluding hydrogens is 242 g/mol. The van der Waals surface area contributed by atoms with Crippen LogP contribution >= 0.6 is 23.4 Å². The van der Waals surface area contributed by atoms with Gasteiger partial charge in [0.2, 0.25) is 0 Å². The van der Waals surface area contributed by atoms with E-state index in [-0.39, 0.29) is 0 Å². The van der Waals surface area contributed by atoms with Crippen molar-refractivity contribution in [1.29, 1.82) is 0 Å². The molecule has 3 nitrogen and oxygen atoms in total. The normalized spacial score (nSPS) is 17.4. The molecule has 0 N–H and O–H groups in total. The Morgan fingerprint density at radius 2 is 2.06 bits per heavy atom. The van der Waals surface area contributed by atoms with Crippen molar-refractivity contribution in [3.05, 3.63) is 17.5 Å². The molecule has 1 aliphatic rings. The van der Waals surface area contributed by atoms with Gasteiger partial charge in [-0.2, -0.15) is 11.8 Å². The molecule has 0 amide bonds. The van der Waals surface area contributed by atoms with Crippen molar-refractivity contribution in [2.75, 3.05) is 23.0 Å². The van der Waals surface area contributed by atoms with Gasteiger partial charge < -0.3 is 4.90 Å². The number of nitrogens with zero attached hydrogens (tertiary/aromatic N) is 3. The second kappa shape index (κ2) is 5.73. The number of rotatable bonds is 3. The first-order chi connectivity index (χ1) is 7.83. The zero-order valence-electron chi connectivity index (χ0n) is 9.40. The van der Waals surface area contributed by atoms with Crippen molar-refractivity contribution < 1.29 is 0 Å². The smallest absolute Gasteiger partial charge is 0.171 e. The lowest BCUT2D eigenvalue weighted by Gasteiger charge is -2.34. The molecule has 5 heteroatoms. The first-order valence-electron chi connectivity index (χ1n) is 5.63. The number of aromatic nitrogens is 2. The fourth-order valence-electron chi connectivity index (χ4n) is 2.08. The maximum atomic E-state index is 6.10. The third-order valence-corrected chi connectivity index (χ3v) is 4.20. The monoisotopic (exact) mass is 257 g/mol. The summed E-state index contributed by atoms with van der Waals surface area (Å²) in [5.74, 6) is 3.31. The van der Waals surface area contributed by atoms with Crippen LogP contribution in [-0.4, -0.2) is 34.1 Å². The van der Waals surface area contributed by atoms with Gasteiger partial charge in [-0.15, -0.1) is 0 Å². The van der Waals surface area contributed by atoms with Gasteiger partial charge in [0.15, 0.2) is 11.0 Å². The third-order valence-electron chi connectivity index (χ3n) is 2.88. The van der Waals surface area contributed by atoms with Gasteiger partial charge in [0, 0.05) is 25.0 Å². The Bertz CT molecular complexity index is 342. The molecule has 1 fully saturated rings. The third kappa shape index (κ3) is 2.61. The van der Waals surface area contributed by atoms with Gasteiger partial charge in [0.1, 0.15) is 0 Å². The van der Waals surface area contributed by atoms with Crippen LogP contribution in [0.25, 0.3) is 0 Å². The number of thioether (sulfide) groups is 1. The summed E-state index contributed by atoms with van der Waals surface area (Å²) >= 11 is 8.13. The second-order valence-corrected chi connectivity index (χ2v) is 5.38. The second-order valence-electron chi connectivity index (χ2n) is 3.80. The lowest BCUT2D eigenvalue weighted by atomic mass is 10.1. The van der Waals surface area contributed by atoms with E-state index in [0.717, 1.165) is 12.4 Å². The Kier molecular flexibility index (Phi) is 4.29. The molecule has 0 radical (unpaired) electrons. The van der Waals surface area contributed by atoms with Gasteiger partial charge in [0.05, 0.1) is 0 Å². The molecule has 2 heterocycles. The van der Waals surface area contributed by atoms with Crippen LogP contribution in [0.5, 0.6) is 0 Å². The maximum Gasteiger partial charge on any atom is 0.171 e. The number of halogens is 1. The van der Waals surface area contributed by atoms with Crippen LogP contribution in [-0.2, 0) is 0 Å². The lowest BCUT2D eigenvalue weighted by molar-refractivity contribution is 0.558. The summed E-state index contributed by atoms with van der Waals surface area (Å²) in [4.78, 5) is 10.7. The zero-order valence-corrected chi connectivity index (χ0v) is 11.0.